The van der Waals surface area contributed by atoms with Crippen LogP contribution in [0.2, 0.25) is 5.02 Å². The second-order valence-corrected chi connectivity index (χ2v) is 7.50. The minimum Gasteiger partial charge on any atom is -0.326 e. The number of nitrogens with zero attached hydrogens (tertiary/aromatic N) is 1. The summed E-state index contributed by atoms with van der Waals surface area (Å²) in [6.45, 7) is 0.555. The third-order valence-corrected chi connectivity index (χ3v) is 5.26. The molecule has 1 saturated heterocycles. The van der Waals surface area contributed by atoms with Crippen molar-refractivity contribution in [1.29, 1.82) is 0 Å². The van der Waals surface area contributed by atoms with Gasteiger partial charge in [-0.3, -0.25) is 14.6 Å². The van der Waals surface area contributed by atoms with Crippen LogP contribution in [0.25, 0.3) is 0 Å². The van der Waals surface area contributed by atoms with E-state index in [0.29, 0.717) is 17.4 Å². The van der Waals surface area contributed by atoms with E-state index in [9.17, 15) is 14.0 Å². The van der Waals surface area contributed by atoms with Crippen molar-refractivity contribution in [2.75, 3.05) is 11.9 Å². The molecule has 1 aliphatic heterocycles. The van der Waals surface area contributed by atoms with Gasteiger partial charge < -0.3 is 10.6 Å². The second kappa shape index (κ2) is 9.01. The van der Waals surface area contributed by atoms with Gasteiger partial charge in [-0.15, -0.1) is 0 Å². The zero-order valence-corrected chi connectivity index (χ0v) is 15.8. The van der Waals surface area contributed by atoms with Crippen molar-refractivity contribution in [3.05, 3.63) is 64.9 Å². The van der Waals surface area contributed by atoms with Gasteiger partial charge in [-0.1, -0.05) is 53.7 Å². The van der Waals surface area contributed by atoms with Gasteiger partial charge in [-0.25, -0.2) is 4.39 Å². The summed E-state index contributed by atoms with van der Waals surface area (Å²) in [7, 11) is 0. The lowest BCUT2D eigenvalue weighted by molar-refractivity contribution is -0.122. The first-order valence-electron chi connectivity index (χ1n) is 8.32. The Hall–Kier alpha value is -2.38. The number of carbonyl (C=O) groups excluding carboxylic acids is 2. The number of hydrogen-bond donors (Lipinski definition) is 2. The quantitative estimate of drug-likeness (QED) is 0.770. The summed E-state index contributed by atoms with van der Waals surface area (Å²) in [4.78, 5) is 28.6. The lowest BCUT2D eigenvalue weighted by atomic mass is 10.2. The first kappa shape index (κ1) is 19.4. The third-order valence-electron chi connectivity index (χ3n) is 3.85. The van der Waals surface area contributed by atoms with Crippen LogP contribution in [-0.4, -0.2) is 28.8 Å². The van der Waals surface area contributed by atoms with E-state index in [0.717, 1.165) is 6.42 Å². The molecule has 0 aliphatic carbocycles. The molecule has 140 valence electrons. The number of thioether (sulfide) groups is 1. The van der Waals surface area contributed by atoms with E-state index in [2.05, 4.69) is 15.6 Å². The standard InChI is InChI=1S/C19H17ClFN3O2S/c20-14-10-13(6-7-15(14)21)23-17(25)11-16-18(26)24-19(27-16)22-9-8-12-4-2-1-3-5-12/h1-7,10,16H,8-9,11H2,(H,23,25)(H,22,24,26). The Bertz CT molecular complexity index is 877. The van der Waals surface area contributed by atoms with E-state index in [1.165, 1.54) is 35.5 Å². The molecule has 1 unspecified atom stereocenters. The van der Waals surface area contributed by atoms with Crippen molar-refractivity contribution in [2.24, 2.45) is 4.99 Å². The zero-order chi connectivity index (χ0) is 19.2. The average Bonchev–Trinajstić information content (AvgIpc) is 2.98. The van der Waals surface area contributed by atoms with E-state index < -0.39 is 11.1 Å². The van der Waals surface area contributed by atoms with Crippen molar-refractivity contribution >= 4 is 46.0 Å². The highest BCUT2D eigenvalue weighted by Gasteiger charge is 2.31. The summed E-state index contributed by atoms with van der Waals surface area (Å²) >= 11 is 6.93. The summed E-state index contributed by atoms with van der Waals surface area (Å²) in [5.74, 6) is -1.15. The molecule has 0 saturated carbocycles. The first-order chi connectivity index (χ1) is 13.0. The van der Waals surface area contributed by atoms with Crippen molar-refractivity contribution < 1.29 is 14.0 Å². The lowest BCUT2D eigenvalue weighted by Gasteiger charge is -2.08. The second-order valence-electron chi connectivity index (χ2n) is 5.90. The molecule has 2 amide bonds. The fraction of sp³-hybridized carbons (Fsp3) is 0.211. The normalized spacial score (nSPS) is 17.8. The topological polar surface area (TPSA) is 70.6 Å². The van der Waals surface area contributed by atoms with Crippen molar-refractivity contribution in [1.82, 2.24) is 5.32 Å². The van der Waals surface area contributed by atoms with Gasteiger partial charge in [0.15, 0.2) is 5.17 Å². The zero-order valence-electron chi connectivity index (χ0n) is 14.2. The summed E-state index contributed by atoms with van der Waals surface area (Å²) in [6.07, 6.45) is 0.764. The van der Waals surface area contributed by atoms with Gasteiger partial charge in [-0.05, 0) is 30.2 Å². The SMILES string of the molecule is O=C(CC1SC(=NCCc2ccccc2)NC1=O)Nc1ccc(F)c(Cl)c1. The minimum absolute atomic E-state index is 0.0107. The molecule has 1 heterocycles. The maximum Gasteiger partial charge on any atom is 0.240 e. The number of anilines is 1. The Morgan fingerprint density at radius 1 is 1.26 bits per heavy atom. The Kier molecular flexibility index (Phi) is 6.47. The van der Waals surface area contributed by atoms with Gasteiger partial charge in [-0.2, -0.15) is 0 Å². The average molecular weight is 406 g/mol. The molecule has 5 nitrogen and oxygen atoms in total. The van der Waals surface area contributed by atoms with E-state index in [-0.39, 0.29) is 23.3 Å². The number of carbonyl (C=O) groups is 2. The van der Waals surface area contributed by atoms with Crippen molar-refractivity contribution in [2.45, 2.75) is 18.1 Å². The molecule has 8 heteroatoms. The first-order valence-corrected chi connectivity index (χ1v) is 9.58. The maximum absolute atomic E-state index is 13.2. The van der Waals surface area contributed by atoms with Gasteiger partial charge in [0.05, 0.1) is 5.02 Å². The van der Waals surface area contributed by atoms with Crippen LogP contribution in [0, 0.1) is 5.82 Å². The monoisotopic (exact) mass is 405 g/mol. The number of amidine groups is 1. The van der Waals surface area contributed by atoms with Gasteiger partial charge in [0, 0.05) is 18.7 Å². The molecular formula is C19H17ClFN3O2S. The summed E-state index contributed by atoms with van der Waals surface area (Å²) in [5, 5.41) is 5.22. The number of amides is 2. The van der Waals surface area contributed by atoms with Gasteiger partial charge in [0.2, 0.25) is 11.8 Å². The molecule has 1 aliphatic rings. The highest BCUT2D eigenvalue weighted by molar-refractivity contribution is 8.15. The molecule has 0 aromatic heterocycles. The molecule has 2 aromatic carbocycles. The molecule has 1 fully saturated rings. The minimum atomic E-state index is -0.559. The van der Waals surface area contributed by atoms with Crippen LogP contribution in [0.15, 0.2) is 53.5 Å². The van der Waals surface area contributed by atoms with Crippen LogP contribution in [0.5, 0.6) is 0 Å². The Balaban J connectivity index is 1.50. The van der Waals surface area contributed by atoms with E-state index in [4.69, 9.17) is 11.6 Å². The summed E-state index contributed by atoms with van der Waals surface area (Å²) in [5.41, 5.74) is 1.55. The van der Waals surface area contributed by atoms with Crippen LogP contribution in [0.3, 0.4) is 0 Å². The van der Waals surface area contributed by atoms with Crippen LogP contribution in [0.1, 0.15) is 12.0 Å². The fourth-order valence-corrected chi connectivity index (χ4v) is 3.68. The molecule has 0 radical (unpaired) electrons. The number of nitrogens with one attached hydrogen (secondary N) is 2. The number of hydrogen-bond acceptors (Lipinski definition) is 4. The molecule has 1 atom stereocenters. The predicted octanol–water partition coefficient (Wildman–Crippen LogP) is 3.64. The third kappa shape index (κ3) is 5.55. The number of halogens is 2. The lowest BCUT2D eigenvalue weighted by Crippen LogP contribution is -2.28. The summed E-state index contributed by atoms with van der Waals surface area (Å²) in [6, 6.07) is 13.9. The highest BCUT2D eigenvalue weighted by Crippen LogP contribution is 2.24. The van der Waals surface area contributed by atoms with Gasteiger partial charge >= 0.3 is 0 Å². The number of benzene rings is 2. The van der Waals surface area contributed by atoms with Crippen LogP contribution in [0.4, 0.5) is 10.1 Å². The molecule has 2 N–H and O–H groups in total. The Labute approximate surface area is 165 Å². The Morgan fingerprint density at radius 2 is 2.04 bits per heavy atom. The van der Waals surface area contributed by atoms with E-state index in [1.807, 2.05) is 30.3 Å². The fourth-order valence-electron chi connectivity index (χ4n) is 2.50. The maximum atomic E-state index is 13.2. The van der Waals surface area contributed by atoms with Gasteiger partial charge in [0.1, 0.15) is 11.1 Å². The van der Waals surface area contributed by atoms with Crippen LogP contribution < -0.4 is 10.6 Å². The Morgan fingerprint density at radius 3 is 2.78 bits per heavy atom. The van der Waals surface area contributed by atoms with Crippen LogP contribution >= 0.6 is 23.4 Å². The molecule has 0 bridgehead atoms. The van der Waals surface area contributed by atoms with E-state index in [1.54, 1.807) is 0 Å². The van der Waals surface area contributed by atoms with Crippen molar-refractivity contribution in [3.63, 3.8) is 0 Å². The van der Waals surface area contributed by atoms with Crippen LogP contribution in [-0.2, 0) is 16.0 Å². The van der Waals surface area contributed by atoms with E-state index >= 15 is 0 Å². The number of rotatable bonds is 6. The molecular weight excluding hydrogens is 389 g/mol. The molecule has 0 spiro atoms. The highest BCUT2D eigenvalue weighted by atomic mass is 35.5. The van der Waals surface area contributed by atoms with Gasteiger partial charge in [0.25, 0.3) is 0 Å². The largest absolute Gasteiger partial charge is 0.326 e. The smallest absolute Gasteiger partial charge is 0.240 e. The summed E-state index contributed by atoms with van der Waals surface area (Å²) < 4.78 is 13.2. The number of aliphatic imine (C=N–C) groups is 1. The predicted molar refractivity (Wildman–Crippen MR) is 107 cm³/mol. The van der Waals surface area contributed by atoms with Crippen molar-refractivity contribution in [3.8, 4) is 0 Å². The molecule has 2 aromatic rings. The molecule has 3 rings (SSSR count). The molecule has 27 heavy (non-hydrogen) atoms.